The van der Waals surface area contributed by atoms with Gasteiger partial charge in [0.2, 0.25) is 0 Å². The molecule has 3 N–H and O–H groups in total. The monoisotopic (exact) mass is 326 g/mol. The van der Waals surface area contributed by atoms with E-state index < -0.39 is 30.3 Å². The predicted molar refractivity (Wildman–Crippen MR) is 79.8 cm³/mol. The quantitative estimate of drug-likeness (QED) is 0.805. The van der Waals surface area contributed by atoms with Crippen molar-refractivity contribution < 1.29 is 18.7 Å². The maximum absolute atomic E-state index is 13.4. The van der Waals surface area contributed by atoms with Gasteiger partial charge in [-0.2, -0.15) is 0 Å². The molecule has 22 heavy (non-hydrogen) atoms. The first-order valence-electron chi connectivity index (χ1n) is 6.39. The lowest BCUT2D eigenvalue weighted by molar-refractivity contribution is 0.225. The third-order valence-electron chi connectivity index (χ3n) is 2.96. The molecule has 2 rings (SSSR count). The molecule has 0 radical (unpaired) electrons. The van der Waals surface area contributed by atoms with Crippen LogP contribution in [0.2, 0.25) is 5.02 Å². The van der Waals surface area contributed by atoms with E-state index in [4.69, 9.17) is 11.6 Å². The lowest BCUT2D eigenvalue weighted by atomic mass is 10.1. The Hall–Kier alpha value is -2.18. The van der Waals surface area contributed by atoms with Crippen molar-refractivity contribution >= 4 is 23.3 Å². The summed E-state index contributed by atoms with van der Waals surface area (Å²) >= 11 is 5.58. The van der Waals surface area contributed by atoms with Crippen molar-refractivity contribution in [2.24, 2.45) is 0 Å². The average molecular weight is 327 g/mol. The van der Waals surface area contributed by atoms with Gasteiger partial charge in [0, 0.05) is 0 Å². The Bertz CT molecular complexity index is 682. The molecule has 2 aromatic carbocycles. The molecule has 0 aliphatic heterocycles. The molecule has 0 heterocycles. The molecule has 0 saturated heterocycles. The number of carbonyl (C=O) groups is 1. The van der Waals surface area contributed by atoms with Gasteiger partial charge >= 0.3 is 6.03 Å². The van der Waals surface area contributed by atoms with Gasteiger partial charge in [0.15, 0.2) is 0 Å². The molecule has 4 nitrogen and oxygen atoms in total. The molecule has 1 unspecified atom stereocenters. The third kappa shape index (κ3) is 3.93. The van der Waals surface area contributed by atoms with E-state index in [9.17, 15) is 18.7 Å². The minimum atomic E-state index is -0.849. The van der Waals surface area contributed by atoms with E-state index in [0.29, 0.717) is 5.56 Å². The molecule has 0 bridgehead atoms. The third-order valence-corrected chi connectivity index (χ3v) is 3.26. The first kappa shape index (κ1) is 16.2. The smallest absolute Gasteiger partial charge is 0.319 e. The topological polar surface area (TPSA) is 61.4 Å². The van der Waals surface area contributed by atoms with E-state index >= 15 is 0 Å². The Kier molecular flexibility index (Phi) is 5.30. The van der Waals surface area contributed by atoms with Crippen LogP contribution in [0.1, 0.15) is 11.6 Å². The van der Waals surface area contributed by atoms with E-state index in [1.165, 1.54) is 30.3 Å². The van der Waals surface area contributed by atoms with Gasteiger partial charge in [-0.3, -0.25) is 0 Å². The van der Waals surface area contributed by atoms with Crippen molar-refractivity contribution in [1.82, 2.24) is 5.32 Å². The number of halogens is 3. The highest BCUT2D eigenvalue weighted by molar-refractivity contribution is 6.30. The SMILES string of the molecule is O=C(Nc1ccccc1F)NC(CO)c1ccc(Cl)c(F)c1. The zero-order valence-corrected chi connectivity index (χ0v) is 12.1. The van der Waals surface area contributed by atoms with Crippen molar-refractivity contribution in [3.8, 4) is 0 Å². The van der Waals surface area contributed by atoms with Crippen LogP contribution in [-0.4, -0.2) is 17.7 Å². The second-order valence-corrected chi connectivity index (χ2v) is 4.89. The van der Waals surface area contributed by atoms with Crippen LogP contribution in [0.25, 0.3) is 0 Å². The summed E-state index contributed by atoms with van der Waals surface area (Å²) in [6.45, 7) is -0.453. The second-order valence-electron chi connectivity index (χ2n) is 4.49. The van der Waals surface area contributed by atoms with Crippen LogP contribution in [0.15, 0.2) is 42.5 Å². The summed E-state index contributed by atoms with van der Waals surface area (Å²) in [5, 5.41) is 14.0. The van der Waals surface area contributed by atoms with Crippen molar-refractivity contribution in [2.75, 3.05) is 11.9 Å². The van der Waals surface area contributed by atoms with Crippen LogP contribution in [0.3, 0.4) is 0 Å². The molecule has 0 spiro atoms. The zero-order valence-electron chi connectivity index (χ0n) is 11.3. The van der Waals surface area contributed by atoms with Gasteiger partial charge in [-0.05, 0) is 29.8 Å². The van der Waals surface area contributed by atoms with E-state index in [0.717, 1.165) is 6.07 Å². The van der Waals surface area contributed by atoms with Gasteiger partial charge in [-0.25, -0.2) is 13.6 Å². The molecule has 7 heteroatoms. The molecule has 116 valence electrons. The highest BCUT2D eigenvalue weighted by atomic mass is 35.5. The van der Waals surface area contributed by atoms with Crippen LogP contribution in [0.5, 0.6) is 0 Å². The van der Waals surface area contributed by atoms with Crippen molar-refractivity contribution in [1.29, 1.82) is 0 Å². The number of amides is 2. The Morgan fingerprint density at radius 2 is 1.91 bits per heavy atom. The van der Waals surface area contributed by atoms with Crippen molar-refractivity contribution in [3.05, 3.63) is 64.7 Å². The molecule has 1 atom stereocenters. The molecular formula is C15H13ClF2N2O2. The van der Waals surface area contributed by atoms with E-state index in [1.807, 2.05) is 0 Å². The first-order chi connectivity index (χ1) is 10.5. The van der Waals surface area contributed by atoms with Crippen LogP contribution < -0.4 is 10.6 Å². The zero-order chi connectivity index (χ0) is 16.1. The number of rotatable bonds is 4. The number of nitrogens with one attached hydrogen (secondary N) is 2. The van der Waals surface area contributed by atoms with Gasteiger partial charge in [-0.15, -0.1) is 0 Å². The average Bonchev–Trinajstić information content (AvgIpc) is 2.50. The predicted octanol–water partition coefficient (Wildman–Crippen LogP) is 3.47. The fourth-order valence-corrected chi connectivity index (χ4v) is 1.96. The summed E-state index contributed by atoms with van der Waals surface area (Å²) in [5.74, 6) is -1.25. The van der Waals surface area contributed by atoms with Gasteiger partial charge in [0.1, 0.15) is 11.6 Å². The molecule has 2 aromatic rings. The largest absolute Gasteiger partial charge is 0.394 e. The molecular weight excluding hydrogens is 314 g/mol. The first-order valence-corrected chi connectivity index (χ1v) is 6.77. The van der Waals surface area contributed by atoms with Crippen LogP contribution >= 0.6 is 11.6 Å². The Balaban J connectivity index is 2.08. The van der Waals surface area contributed by atoms with Gasteiger partial charge < -0.3 is 15.7 Å². The summed E-state index contributed by atoms with van der Waals surface area (Å²) in [6, 6.07) is 8.01. The van der Waals surface area contributed by atoms with Crippen molar-refractivity contribution in [2.45, 2.75) is 6.04 Å². The number of para-hydroxylation sites is 1. The Labute approximate surface area is 130 Å². The number of hydrogen-bond acceptors (Lipinski definition) is 2. The maximum atomic E-state index is 13.4. The summed E-state index contributed by atoms with van der Waals surface area (Å²) in [4.78, 5) is 11.8. The van der Waals surface area contributed by atoms with E-state index in [2.05, 4.69) is 10.6 Å². The number of aliphatic hydroxyl groups excluding tert-OH is 1. The summed E-state index contributed by atoms with van der Waals surface area (Å²) in [7, 11) is 0. The summed E-state index contributed by atoms with van der Waals surface area (Å²) in [6.07, 6.45) is 0. The number of urea groups is 1. The highest BCUT2D eigenvalue weighted by Gasteiger charge is 2.16. The Morgan fingerprint density at radius 1 is 1.18 bits per heavy atom. The van der Waals surface area contributed by atoms with Crippen molar-refractivity contribution in [3.63, 3.8) is 0 Å². The summed E-state index contributed by atoms with van der Waals surface area (Å²) < 4.78 is 26.9. The molecule has 0 aromatic heterocycles. The molecule has 2 amide bonds. The minimum absolute atomic E-state index is 0.000948. The van der Waals surface area contributed by atoms with E-state index in [-0.39, 0.29) is 10.7 Å². The van der Waals surface area contributed by atoms with Gasteiger partial charge in [0.05, 0.1) is 23.4 Å². The van der Waals surface area contributed by atoms with E-state index in [1.54, 1.807) is 6.07 Å². The van der Waals surface area contributed by atoms with Crippen LogP contribution in [0.4, 0.5) is 19.3 Å². The lowest BCUT2D eigenvalue weighted by Crippen LogP contribution is -2.34. The van der Waals surface area contributed by atoms with Gasteiger partial charge in [-0.1, -0.05) is 29.8 Å². The minimum Gasteiger partial charge on any atom is -0.394 e. The Morgan fingerprint density at radius 3 is 2.55 bits per heavy atom. The summed E-state index contributed by atoms with van der Waals surface area (Å²) in [5.41, 5.74) is 0.340. The molecule has 0 saturated carbocycles. The lowest BCUT2D eigenvalue weighted by Gasteiger charge is -2.17. The number of hydrogen-bond donors (Lipinski definition) is 3. The van der Waals surface area contributed by atoms with Gasteiger partial charge in [0.25, 0.3) is 0 Å². The fraction of sp³-hybridized carbons (Fsp3) is 0.133. The number of anilines is 1. The number of benzene rings is 2. The number of carbonyl (C=O) groups excluding carboxylic acids is 1. The maximum Gasteiger partial charge on any atom is 0.319 e. The molecule has 0 aliphatic rings. The molecule has 0 aliphatic carbocycles. The fourth-order valence-electron chi connectivity index (χ4n) is 1.84. The highest BCUT2D eigenvalue weighted by Crippen LogP contribution is 2.20. The van der Waals surface area contributed by atoms with Crippen LogP contribution in [0, 0.1) is 11.6 Å². The standard InChI is InChI=1S/C15H13ClF2N2O2/c16-10-6-5-9(7-12(10)18)14(8-21)20-15(22)19-13-4-2-1-3-11(13)17/h1-7,14,21H,8H2,(H2,19,20,22). The number of aliphatic hydroxyl groups is 1. The van der Waals surface area contributed by atoms with Crippen LogP contribution in [-0.2, 0) is 0 Å². The molecule has 0 fully saturated rings. The second kappa shape index (κ2) is 7.20. The normalized spacial score (nSPS) is 11.8.